The van der Waals surface area contributed by atoms with Crippen molar-refractivity contribution in [3.05, 3.63) is 0 Å². The first-order valence-electron chi connectivity index (χ1n) is 5.49. The van der Waals surface area contributed by atoms with Crippen LogP contribution in [0.25, 0.3) is 0 Å². The lowest BCUT2D eigenvalue weighted by Gasteiger charge is -2.13. The Bertz CT molecular complexity index is 222. The molecule has 15 heavy (non-hydrogen) atoms. The smallest absolute Gasteiger partial charge is 0.221 e. The molecule has 0 rings (SSSR count). The van der Waals surface area contributed by atoms with Gasteiger partial charge < -0.3 is 10.6 Å². The molecule has 0 saturated heterocycles. The summed E-state index contributed by atoms with van der Waals surface area (Å²) >= 11 is 0. The third-order valence-electron chi connectivity index (χ3n) is 2.26. The van der Waals surface area contributed by atoms with Gasteiger partial charge in [-0.1, -0.05) is 6.92 Å². The van der Waals surface area contributed by atoms with Crippen LogP contribution in [0.1, 0.15) is 40.0 Å². The van der Waals surface area contributed by atoms with E-state index >= 15 is 0 Å². The van der Waals surface area contributed by atoms with Crippen LogP contribution in [0.15, 0.2) is 0 Å². The number of nitriles is 1. The van der Waals surface area contributed by atoms with Gasteiger partial charge in [-0.3, -0.25) is 4.79 Å². The number of nitrogens with zero attached hydrogens (tertiary/aromatic N) is 1. The summed E-state index contributed by atoms with van der Waals surface area (Å²) in [4.78, 5) is 11.3. The Morgan fingerprint density at radius 2 is 2.07 bits per heavy atom. The molecule has 0 aromatic heterocycles. The van der Waals surface area contributed by atoms with E-state index in [9.17, 15) is 4.79 Å². The zero-order valence-electron chi connectivity index (χ0n) is 9.84. The number of amides is 1. The van der Waals surface area contributed by atoms with Crippen LogP contribution in [0.2, 0.25) is 0 Å². The Hall–Kier alpha value is -1.08. The van der Waals surface area contributed by atoms with Crippen molar-refractivity contribution in [1.82, 2.24) is 10.6 Å². The van der Waals surface area contributed by atoms with Crippen LogP contribution >= 0.6 is 0 Å². The highest BCUT2D eigenvalue weighted by Crippen LogP contribution is 1.91. The third-order valence-corrected chi connectivity index (χ3v) is 2.26. The second-order valence-electron chi connectivity index (χ2n) is 3.84. The molecule has 2 unspecified atom stereocenters. The van der Waals surface area contributed by atoms with E-state index in [1.807, 2.05) is 20.8 Å². The van der Waals surface area contributed by atoms with Crippen LogP contribution in [-0.4, -0.2) is 24.5 Å². The molecule has 0 aliphatic rings. The summed E-state index contributed by atoms with van der Waals surface area (Å²) in [6, 6.07) is 2.49. The van der Waals surface area contributed by atoms with Gasteiger partial charge in [-0.15, -0.1) is 0 Å². The van der Waals surface area contributed by atoms with E-state index in [2.05, 4.69) is 16.7 Å². The second-order valence-corrected chi connectivity index (χ2v) is 3.84. The number of rotatable bonds is 7. The summed E-state index contributed by atoms with van der Waals surface area (Å²) in [6.07, 6.45) is 1.90. The number of hydrogen-bond donors (Lipinski definition) is 2. The number of carbonyl (C=O) groups excluding carboxylic acids is 1. The first-order chi connectivity index (χ1) is 7.10. The quantitative estimate of drug-likeness (QED) is 0.664. The van der Waals surface area contributed by atoms with Crippen LogP contribution in [0.5, 0.6) is 0 Å². The molecule has 0 fully saturated rings. The van der Waals surface area contributed by atoms with Crippen molar-refractivity contribution >= 4 is 5.91 Å². The van der Waals surface area contributed by atoms with Gasteiger partial charge in [0.2, 0.25) is 5.91 Å². The molecule has 0 saturated carbocycles. The second kappa shape index (κ2) is 8.25. The first kappa shape index (κ1) is 13.9. The molecular formula is C11H21N3O. The molecule has 0 aliphatic carbocycles. The van der Waals surface area contributed by atoms with E-state index in [0.29, 0.717) is 19.4 Å². The maximum Gasteiger partial charge on any atom is 0.221 e. The SMILES string of the molecule is CCC(C)NC(=O)CCNC(C)CC#N. The molecule has 4 heteroatoms. The largest absolute Gasteiger partial charge is 0.354 e. The van der Waals surface area contributed by atoms with Gasteiger partial charge in [0.25, 0.3) is 0 Å². The molecule has 2 N–H and O–H groups in total. The van der Waals surface area contributed by atoms with Crippen molar-refractivity contribution in [2.45, 2.75) is 52.1 Å². The molecule has 0 heterocycles. The van der Waals surface area contributed by atoms with E-state index in [-0.39, 0.29) is 18.0 Å². The first-order valence-corrected chi connectivity index (χ1v) is 5.49. The van der Waals surface area contributed by atoms with Crippen molar-refractivity contribution < 1.29 is 4.79 Å². The van der Waals surface area contributed by atoms with E-state index in [1.165, 1.54) is 0 Å². The fourth-order valence-corrected chi connectivity index (χ4v) is 1.09. The molecule has 0 spiro atoms. The van der Waals surface area contributed by atoms with E-state index in [1.54, 1.807) is 0 Å². The molecule has 86 valence electrons. The average Bonchev–Trinajstić information content (AvgIpc) is 2.18. The van der Waals surface area contributed by atoms with Crippen molar-refractivity contribution in [1.29, 1.82) is 5.26 Å². The summed E-state index contributed by atoms with van der Waals surface area (Å²) in [5, 5.41) is 14.4. The lowest BCUT2D eigenvalue weighted by Crippen LogP contribution is -2.35. The fourth-order valence-electron chi connectivity index (χ4n) is 1.09. The third kappa shape index (κ3) is 7.95. The van der Waals surface area contributed by atoms with Gasteiger partial charge >= 0.3 is 0 Å². The summed E-state index contributed by atoms with van der Waals surface area (Å²) < 4.78 is 0. The zero-order chi connectivity index (χ0) is 11.7. The van der Waals surface area contributed by atoms with Gasteiger partial charge in [-0.25, -0.2) is 0 Å². The Kier molecular flexibility index (Phi) is 7.65. The summed E-state index contributed by atoms with van der Waals surface area (Å²) in [5.41, 5.74) is 0. The molecule has 1 amide bonds. The van der Waals surface area contributed by atoms with Gasteiger partial charge in [0.05, 0.1) is 12.5 Å². The highest BCUT2D eigenvalue weighted by atomic mass is 16.1. The van der Waals surface area contributed by atoms with Crippen LogP contribution in [0, 0.1) is 11.3 Å². The normalized spacial score (nSPS) is 14.0. The number of carbonyl (C=O) groups is 1. The number of nitrogens with one attached hydrogen (secondary N) is 2. The minimum absolute atomic E-state index is 0.0704. The lowest BCUT2D eigenvalue weighted by atomic mass is 10.2. The highest BCUT2D eigenvalue weighted by Gasteiger charge is 2.06. The molecule has 2 atom stereocenters. The zero-order valence-corrected chi connectivity index (χ0v) is 9.84. The van der Waals surface area contributed by atoms with Crippen molar-refractivity contribution in [2.75, 3.05) is 6.54 Å². The molecule has 0 aromatic rings. The standard InChI is InChI=1S/C11H21N3O/c1-4-9(2)14-11(15)6-8-13-10(3)5-7-12/h9-10,13H,4-6,8H2,1-3H3,(H,14,15). The molecule has 0 radical (unpaired) electrons. The Labute approximate surface area is 92.0 Å². The van der Waals surface area contributed by atoms with E-state index in [0.717, 1.165) is 6.42 Å². The topological polar surface area (TPSA) is 64.9 Å². The molecule has 0 aliphatic heterocycles. The van der Waals surface area contributed by atoms with Gasteiger partial charge in [0.1, 0.15) is 0 Å². The summed E-state index contributed by atoms with van der Waals surface area (Å²) in [6.45, 7) is 6.60. The molecule has 0 aromatic carbocycles. The maximum absolute atomic E-state index is 11.3. The van der Waals surface area contributed by atoms with Crippen molar-refractivity contribution in [3.63, 3.8) is 0 Å². The van der Waals surface area contributed by atoms with Gasteiger partial charge in [-0.05, 0) is 20.3 Å². The molecular weight excluding hydrogens is 190 g/mol. The predicted molar refractivity (Wildman–Crippen MR) is 60.2 cm³/mol. The molecule has 4 nitrogen and oxygen atoms in total. The summed E-state index contributed by atoms with van der Waals surface area (Å²) in [5.74, 6) is 0.0704. The van der Waals surface area contributed by atoms with Crippen molar-refractivity contribution in [3.8, 4) is 6.07 Å². The van der Waals surface area contributed by atoms with Gasteiger partial charge in [-0.2, -0.15) is 5.26 Å². The Morgan fingerprint density at radius 1 is 1.40 bits per heavy atom. The Balaban J connectivity index is 3.51. The van der Waals surface area contributed by atoms with Gasteiger partial charge in [0.15, 0.2) is 0 Å². The minimum Gasteiger partial charge on any atom is -0.354 e. The van der Waals surface area contributed by atoms with E-state index in [4.69, 9.17) is 5.26 Å². The molecule has 0 bridgehead atoms. The average molecular weight is 211 g/mol. The van der Waals surface area contributed by atoms with Crippen molar-refractivity contribution in [2.24, 2.45) is 0 Å². The van der Waals surface area contributed by atoms with Crippen LogP contribution in [-0.2, 0) is 4.79 Å². The van der Waals surface area contributed by atoms with Crippen LogP contribution < -0.4 is 10.6 Å². The lowest BCUT2D eigenvalue weighted by molar-refractivity contribution is -0.121. The van der Waals surface area contributed by atoms with Crippen LogP contribution in [0.3, 0.4) is 0 Å². The Morgan fingerprint density at radius 3 is 2.60 bits per heavy atom. The highest BCUT2D eigenvalue weighted by molar-refractivity contribution is 5.76. The van der Waals surface area contributed by atoms with Crippen LogP contribution in [0.4, 0.5) is 0 Å². The number of hydrogen-bond acceptors (Lipinski definition) is 3. The summed E-state index contributed by atoms with van der Waals surface area (Å²) in [7, 11) is 0. The monoisotopic (exact) mass is 211 g/mol. The fraction of sp³-hybridized carbons (Fsp3) is 0.818. The van der Waals surface area contributed by atoms with Gasteiger partial charge in [0, 0.05) is 25.0 Å². The van der Waals surface area contributed by atoms with E-state index < -0.39 is 0 Å². The maximum atomic E-state index is 11.3. The minimum atomic E-state index is 0.0704. The predicted octanol–water partition coefficient (Wildman–Crippen LogP) is 1.18.